The molecular weight excluding hydrogens is 389 g/mol. The summed E-state index contributed by atoms with van der Waals surface area (Å²) in [5.41, 5.74) is 1.45. The Balaban J connectivity index is 2.01. The number of carbonyl (C=O) groups excluding carboxylic acids is 1. The zero-order chi connectivity index (χ0) is 15.5. The Kier molecular flexibility index (Phi) is 4.29. The number of carbonyl (C=O) groups is 1. The van der Waals surface area contributed by atoms with Crippen molar-refractivity contribution < 1.29 is 9.53 Å². The number of hydrogen-bond acceptors (Lipinski definition) is 2. The number of nitrogens with one attached hydrogen (secondary N) is 1. The van der Waals surface area contributed by atoms with E-state index in [0.717, 1.165) is 25.8 Å². The molecule has 1 N–H and O–H groups in total. The fourth-order valence-electron chi connectivity index (χ4n) is 2.39. The molecule has 0 saturated heterocycles. The first kappa shape index (κ1) is 14.8. The molecule has 4 heteroatoms. The lowest BCUT2D eigenvalue weighted by molar-refractivity contribution is 0.102. The minimum atomic E-state index is -0.111. The van der Waals surface area contributed by atoms with Crippen molar-refractivity contribution in [3.05, 3.63) is 69.8 Å². The van der Waals surface area contributed by atoms with Gasteiger partial charge in [0, 0.05) is 20.0 Å². The maximum atomic E-state index is 12.5. The van der Waals surface area contributed by atoms with Gasteiger partial charge >= 0.3 is 0 Å². The smallest absolute Gasteiger partial charge is 0.256 e. The lowest BCUT2D eigenvalue weighted by Gasteiger charge is -2.12. The molecule has 0 aliphatic heterocycles. The van der Waals surface area contributed by atoms with E-state index in [0.29, 0.717) is 5.56 Å². The molecular formula is C18H14INO2. The maximum absolute atomic E-state index is 12.5. The lowest BCUT2D eigenvalue weighted by Crippen LogP contribution is -2.13. The van der Waals surface area contributed by atoms with Crippen LogP contribution in [0.15, 0.2) is 60.7 Å². The van der Waals surface area contributed by atoms with Gasteiger partial charge in [-0.25, -0.2) is 0 Å². The number of methoxy groups -OCH3 is 1. The van der Waals surface area contributed by atoms with Gasteiger partial charge in [0.25, 0.3) is 5.91 Å². The molecule has 0 saturated carbocycles. The number of hydrogen-bond donors (Lipinski definition) is 1. The summed E-state index contributed by atoms with van der Waals surface area (Å²) in [4.78, 5) is 12.5. The van der Waals surface area contributed by atoms with E-state index in [4.69, 9.17) is 4.74 Å². The molecule has 0 bridgehead atoms. The SMILES string of the molecule is COc1ccc(NC(=O)c2ccccc2I)c2ccccc12. The third kappa shape index (κ3) is 2.78. The fourth-order valence-corrected chi connectivity index (χ4v) is 3.03. The van der Waals surface area contributed by atoms with Gasteiger partial charge in [-0.05, 0) is 46.9 Å². The molecule has 3 nitrogen and oxygen atoms in total. The second-order valence-electron chi connectivity index (χ2n) is 4.79. The Bertz CT molecular complexity index is 845. The van der Waals surface area contributed by atoms with Crippen LogP contribution in [-0.2, 0) is 0 Å². The molecule has 0 heterocycles. The Morgan fingerprint density at radius 1 is 0.955 bits per heavy atom. The van der Waals surface area contributed by atoms with E-state index in [1.165, 1.54) is 0 Å². The molecule has 22 heavy (non-hydrogen) atoms. The van der Waals surface area contributed by atoms with E-state index in [9.17, 15) is 4.79 Å². The molecule has 1 amide bonds. The highest BCUT2D eigenvalue weighted by molar-refractivity contribution is 14.1. The number of benzene rings is 3. The predicted octanol–water partition coefficient (Wildman–Crippen LogP) is 4.71. The first-order valence-electron chi connectivity index (χ1n) is 6.82. The van der Waals surface area contributed by atoms with E-state index in [1.54, 1.807) is 7.11 Å². The number of amides is 1. The second kappa shape index (κ2) is 6.36. The van der Waals surface area contributed by atoms with Crippen molar-refractivity contribution in [1.29, 1.82) is 0 Å². The second-order valence-corrected chi connectivity index (χ2v) is 5.96. The van der Waals surface area contributed by atoms with E-state index in [2.05, 4.69) is 27.9 Å². The predicted molar refractivity (Wildman–Crippen MR) is 97.6 cm³/mol. The minimum Gasteiger partial charge on any atom is -0.496 e. The summed E-state index contributed by atoms with van der Waals surface area (Å²) in [7, 11) is 1.65. The molecule has 0 fully saturated rings. The molecule has 0 spiro atoms. The molecule has 3 aromatic rings. The van der Waals surface area contributed by atoms with Crippen LogP contribution in [0.25, 0.3) is 10.8 Å². The zero-order valence-corrected chi connectivity index (χ0v) is 14.1. The Morgan fingerprint density at radius 3 is 2.36 bits per heavy atom. The quantitative estimate of drug-likeness (QED) is 0.644. The molecule has 3 rings (SSSR count). The van der Waals surface area contributed by atoms with Crippen LogP contribution in [-0.4, -0.2) is 13.0 Å². The van der Waals surface area contributed by atoms with Crippen LogP contribution in [0.5, 0.6) is 5.75 Å². The molecule has 0 radical (unpaired) electrons. The van der Waals surface area contributed by atoms with Gasteiger partial charge in [0.05, 0.1) is 12.7 Å². The average Bonchev–Trinajstić information content (AvgIpc) is 2.55. The van der Waals surface area contributed by atoms with Crippen LogP contribution in [0.1, 0.15) is 10.4 Å². The van der Waals surface area contributed by atoms with Crippen molar-refractivity contribution in [2.24, 2.45) is 0 Å². The number of halogens is 1. The van der Waals surface area contributed by atoms with Crippen molar-refractivity contribution in [2.45, 2.75) is 0 Å². The van der Waals surface area contributed by atoms with Crippen LogP contribution in [0.2, 0.25) is 0 Å². The lowest BCUT2D eigenvalue weighted by atomic mass is 10.1. The van der Waals surface area contributed by atoms with Crippen LogP contribution in [0, 0.1) is 3.57 Å². The molecule has 0 aliphatic carbocycles. The highest BCUT2D eigenvalue weighted by Crippen LogP contribution is 2.31. The summed E-state index contributed by atoms with van der Waals surface area (Å²) >= 11 is 2.17. The monoisotopic (exact) mass is 403 g/mol. The van der Waals surface area contributed by atoms with Crippen LogP contribution >= 0.6 is 22.6 Å². The third-order valence-corrected chi connectivity index (χ3v) is 4.41. The van der Waals surface area contributed by atoms with Crippen molar-refractivity contribution in [1.82, 2.24) is 0 Å². The zero-order valence-electron chi connectivity index (χ0n) is 12.0. The Hall–Kier alpha value is -2.08. The van der Waals surface area contributed by atoms with Gasteiger partial charge in [-0.15, -0.1) is 0 Å². The van der Waals surface area contributed by atoms with Gasteiger partial charge in [-0.3, -0.25) is 4.79 Å². The summed E-state index contributed by atoms with van der Waals surface area (Å²) in [5, 5.41) is 4.93. The van der Waals surface area contributed by atoms with Gasteiger partial charge in [-0.1, -0.05) is 36.4 Å². The van der Waals surface area contributed by atoms with Gasteiger partial charge in [0.2, 0.25) is 0 Å². The van der Waals surface area contributed by atoms with E-state index >= 15 is 0 Å². The summed E-state index contributed by atoms with van der Waals surface area (Å²) in [6.45, 7) is 0. The summed E-state index contributed by atoms with van der Waals surface area (Å²) in [5.74, 6) is 0.684. The number of anilines is 1. The number of ether oxygens (including phenoxy) is 1. The molecule has 0 atom stereocenters. The highest BCUT2D eigenvalue weighted by atomic mass is 127. The Labute approximate surface area is 142 Å². The van der Waals surface area contributed by atoms with Crippen molar-refractivity contribution in [3.63, 3.8) is 0 Å². The van der Waals surface area contributed by atoms with E-state index < -0.39 is 0 Å². The summed E-state index contributed by atoms with van der Waals surface area (Å²) in [6, 6.07) is 19.1. The summed E-state index contributed by atoms with van der Waals surface area (Å²) < 4.78 is 6.30. The molecule has 0 aromatic heterocycles. The largest absolute Gasteiger partial charge is 0.496 e. The molecule has 0 aliphatic rings. The van der Waals surface area contributed by atoms with E-state index in [1.807, 2.05) is 60.7 Å². The Morgan fingerprint density at radius 2 is 1.64 bits per heavy atom. The number of fused-ring (bicyclic) bond motifs is 1. The molecule has 3 aromatic carbocycles. The van der Waals surface area contributed by atoms with Crippen LogP contribution in [0.3, 0.4) is 0 Å². The van der Waals surface area contributed by atoms with Crippen molar-refractivity contribution in [3.8, 4) is 5.75 Å². The average molecular weight is 403 g/mol. The summed E-state index contributed by atoms with van der Waals surface area (Å²) in [6.07, 6.45) is 0. The fraction of sp³-hybridized carbons (Fsp3) is 0.0556. The van der Waals surface area contributed by atoms with Crippen LogP contribution in [0.4, 0.5) is 5.69 Å². The van der Waals surface area contributed by atoms with Gasteiger partial charge in [0.1, 0.15) is 5.75 Å². The topological polar surface area (TPSA) is 38.3 Å². The molecule has 0 unspecified atom stereocenters. The van der Waals surface area contributed by atoms with Crippen LogP contribution < -0.4 is 10.1 Å². The van der Waals surface area contributed by atoms with Crippen molar-refractivity contribution >= 4 is 45.0 Å². The minimum absolute atomic E-state index is 0.111. The highest BCUT2D eigenvalue weighted by Gasteiger charge is 2.12. The third-order valence-electron chi connectivity index (χ3n) is 3.47. The van der Waals surface area contributed by atoms with Gasteiger partial charge < -0.3 is 10.1 Å². The first-order chi connectivity index (χ1) is 10.7. The maximum Gasteiger partial charge on any atom is 0.256 e. The van der Waals surface area contributed by atoms with Crippen molar-refractivity contribution in [2.75, 3.05) is 12.4 Å². The number of rotatable bonds is 3. The molecule has 110 valence electrons. The normalized spacial score (nSPS) is 10.5. The first-order valence-corrected chi connectivity index (χ1v) is 7.90. The standard InChI is InChI=1S/C18H14INO2/c1-22-17-11-10-16(12-6-2-3-7-13(12)17)20-18(21)14-8-4-5-9-15(14)19/h2-11H,1H3,(H,20,21). The van der Waals surface area contributed by atoms with Gasteiger partial charge in [-0.2, -0.15) is 0 Å². The van der Waals surface area contributed by atoms with E-state index in [-0.39, 0.29) is 5.91 Å². The van der Waals surface area contributed by atoms with Gasteiger partial charge in [0.15, 0.2) is 0 Å².